The minimum Gasteiger partial charge on any atom is -0.473 e. The predicted molar refractivity (Wildman–Crippen MR) is 108 cm³/mol. The van der Waals surface area contributed by atoms with Gasteiger partial charge in [-0.25, -0.2) is 4.68 Å². The third-order valence-corrected chi connectivity index (χ3v) is 5.06. The lowest BCUT2D eigenvalue weighted by molar-refractivity contribution is 0.0577. The first-order chi connectivity index (χ1) is 15.3. The van der Waals surface area contributed by atoms with E-state index in [-0.39, 0.29) is 12.0 Å². The molecule has 0 radical (unpaired) electrons. The maximum atomic E-state index is 12.8. The van der Waals surface area contributed by atoms with Gasteiger partial charge in [0, 0.05) is 68.4 Å². The van der Waals surface area contributed by atoms with E-state index in [0.29, 0.717) is 49.1 Å². The average Bonchev–Trinajstić information content (AvgIpc) is 3.53. The van der Waals surface area contributed by atoms with E-state index in [0.717, 1.165) is 5.56 Å². The van der Waals surface area contributed by atoms with E-state index in [1.807, 2.05) is 12.1 Å². The van der Waals surface area contributed by atoms with Gasteiger partial charge in [-0.1, -0.05) is 5.16 Å². The molecule has 156 valence electrons. The highest BCUT2D eigenvalue weighted by Gasteiger charge is 2.27. The van der Waals surface area contributed by atoms with Crippen molar-refractivity contribution in [2.75, 3.05) is 13.1 Å². The number of likely N-dealkylation sites (tertiary alicyclic amines) is 1. The molecule has 0 unspecified atom stereocenters. The molecule has 4 aromatic rings. The maximum absolute atomic E-state index is 12.8. The smallest absolute Gasteiger partial charge is 0.276 e. The van der Waals surface area contributed by atoms with Gasteiger partial charge in [0.1, 0.15) is 6.10 Å². The normalized spacial score (nSPS) is 14.5. The molecule has 0 N–H and O–H groups in total. The fraction of sp³-hybridized carbons (Fsp3) is 0.238. The quantitative estimate of drug-likeness (QED) is 0.487. The Morgan fingerprint density at radius 1 is 1.10 bits per heavy atom. The van der Waals surface area contributed by atoms with Crippen LogP contribution < -0.4 is 4.74 Å². The molecule has 1 fully saturated rings. The number of hydrogen-bond acceptors (Lipinski definition) is 8. The number of rotatable bonds is 5. The van der Waals surface area contributed by atoms with Crippen LogP contribution in [0.5, 0.6) is 5.88 Å². The van der Waals surface area contributed by atoms with Crippen molar-refractivity contribution in [1.29, 1.82) is 0 Å². The van der Waals surface area contributed by atoms with Crippen LogP contribution in [0.2, 0.25) is 0 Å². The number of nitrogens with zero attached hydrogens (tertiary/aromatic N) is 7. The standard InChI is InChI=1S/C21H19N7O3/c29-21(17-13-18(31-26-17)15-3-1-8-22-14-15)27-11-6-16(7-12-27)30-20-5-4-19(24-25-20)28-10-2-9-23-28/h1-5,8-10,13-14,16H,6-7,11-12H2. The van der Waals surface area contributed by atoms with Crippen LogP contribution in [0.25, 0.3) is 17.1 Å². The fourth-order valence-corrected chi connectivity index (χ4v) is 3.43. The van der Waals surface area contributed by atoms with Crippen molar-refractivity contribution in [3.63, 3.8) is 0 Å². The molecule has 0 bridgehead atoms. The van der Waals surface area contributed by atoms with Crippen LogP contribution in [0.1, 0.15) is 23.3 Å². The Bertz CT molecular complexity index is 1140. The molecule has 1 amide bonds. The molecule has 10 heteroatoms. The van der Waals surface area contributed by atoms with Crippen molar-refractivity contribution in [2.45, 2.75) is 18.9 Å². The topological polar surface area (TPSA) is 112 Å². The number of aromatic nitrogens is 6. The van der Waals surface area contributed by atoms with Gasteiger partial charge in [-0.3, -0.25) is 9.78 Å². The molecule has 0 aromatic carbocycles. The Morgan fingerprint density at radius 3 is 2.71 bits per heavy atom. The molecule has 1 aliphatic rings. The van der Waals surface area contributed by atoms with Crippen LogP contribution in [-0.4, -0.2) is 60.1 Å². The second-order valence-electron chi connectivity index (χ2n) is 7.11. The van der Waals surface area contributed by atoms with Crippen LogP contribution in [0.3, 0.4) is 0 Å². The zero-order chi connectivity index (χ0) is 21.0. The lowest BCUT2D eigenvalue weighted by atomic mass is 10.1. The number of hydrogen-bond donors (Lipinski definition) is 0. The van der Waals surface area contributed by atoms with E-state index in [2.05, 4.69) is 25.4 Å². The van der Waals surface area contributed by atoms with Gasteiger partial charge in [0.05, 0.1) is 0 Å². The monoisotopic (exact) mass is 417 g/mol. The number of piperidine rings is 1. The Morgan fingerprint density at radius 2 is 2.00 bits per heavy atom. The Balaban J connectivity index is 1.16. The van der Waals surface area contributed by atoms with E-state index in [4.69, 9.17) is 9.26 Å². The first kappa shape index (κ1) is 18.9. The molecule has 1 aliphatic heterocycles. The van der Waals surface area contributed by atoms with Crippen LogP contribution in [0.4, 0.5) is 0 Å². The Labute approximate surface area is 177 Å². The molecule has 0 saturated carbocycles. The third-order valence-electron chi connectivity index (χ3n) is 5.06. The summed E-state index contributed by atoms with van der Waals surface area (Å²) in [7, 11) is 0. The summed E-state index contributed by atoms with van der Waals surface area (Å²) in [5.74, 6) is 1.45. The van der Waals surface area contributed by atoms with E-state index in [1.165, 1.54) is 0 Å². The summed E-state index contributed by atoms with van der Waals surface area (Å²) < 4.78 is 12.9. The molecule has 0 aliphatic carbocycles. The average molecular weight is 417 g/mol. The number of amides is 1. The van der Waals surface area contributed by atoms with Crippen LogP contribution >= 0.6 is 0 Å². The van der Waals surface area contributed by atoms with Crippen LogP contribution in [0, 0.1) is 0 Å². The van der Waals surface area contributed by atoms with Crippen molar-refractivity contribution in [3.8, 4) is 23.0 Å². The van der Waals surface area contributed by atoms with E-state index in [9.17, 15) is 4.79 Å². The molecule has 0 atom stereocenters. The summed E-state index contributed by atoms with van der Waals surface area (Å²) in [6, 6.07) is 10.7. The molecule has 10 nitrogen and oxygen atoms in total. The first-order valence-corrected chi connectivity index (χ1v) is 9.93. The summed E-state index contributed by atoms with van der Waals surface area (Å²) >= 11 is 0. The van der Waals surface area contributed by atoms with Gasteiger partial charge in [-0.2, -0.15) is 5.10 Å². The molecular formula is C21H19N7O3. The summed E-state index contributed by atoms with van der Waals surface area (Å²) in [6.07, 6.45) is 8.19. The fourth-order valence-electron chi connectivity index (χ4n) is 3.43. The zero-order valence-corrected chi connectivity index (χ0v) is 16.5. The predicted octanol–water partition coefficient (Wildman–Crippen LogP) is 2.40. The summed E-state index contributed by atoms with van der Waals surface area (Å²) in [4.78, 5) is 18.6. The summed E-state index contributed by atoms with van der Waals surface area (Å²) in [5, 5.41) is 16.3. The van der Waals surface area contributed by atoms with Gasteiger partial charge in [0.25, 0.3) is 5.91 Å². The highest BCUT2D eigenvalue weighted by Crippen LogP contribution is 2.22. The van der Waals surface area contributed by atoms with Crippen LogP contribution in [0.15, 0.2) is 65.7 Å². The van der Waals surface area contributed by atoms with Crippen molar-refractivity contribution in [1.82, 2.24) is 35.0 Å². The van der Waals surface area contributed by atoms with Crippen molar-refractivity contribution < 1.29 is 14.1 Å². The van der Waals surface area contributed by atoms with E-state index < -0.39 is 0 Å². The third kappa shape index (κ3) is 4.13. The molecule has 4 aromatic heterocycles. The number of carbonyl (C=O) groups is 1. The largest absolute Gasteiger partial charge is 0.473 e. The first-order valence-electron chi connectivity index (χ1n) is 9.93. The Kier molecular flexibility index (Phi) is 5.09. The minimum atomic E-state index is -0.152. The molecular weight excluding hydrogens is 398 g/mol. The van der Waals surface area contributed by atoms with Gasteiger partial charge in [0.15, 0.2) is 17.3 Å². The zero-order valence-electron chi connectivity index (χ0n) is 16.5. The van der Waals surface area contributed by atoms with Crippen molar-refractivity contribution in [3.05, 3.63) is 66.9 Å². The molecule has 1 saturated heterocycles. The van der Waals surface area contributed by atoms with Gasteiger partial charge >= 0.3 is 0 Å². The van der Waals surface area contributed by atoms with Gasteiger partial charge < -0.3 is 14.2 Å². The van der Waals surface area contributed by atoms with Gasteiger partial charge in [-0.15, -0.1) is 10.2 Å². The van der Waals surface area contributed by atoms with E-state index in [1.54, 1.807) is 58.6 Å². The second-order valence-corrected chi connectivity index (χ2v) is 7.11. The molecule has 5 rings (SSSR count). The van der Waals surface area contributed by atoms with E-state index >= 15 is 0 Å². The molecule has 31 heavy (non-hydrogen) atoms. The number of pyridine rings is 1. The van der Waals surface area contributed by atoms with Crippen LogP contribution in [-0.2, 0) is 0 Å². The summed E-state index contributed by atoms with van der Waals surface area (Å²) in [5.41, 5.74) is 1.07. The number of ether oxygens (including phenoxy) is 1. The SMILES string of the molecule is O=C(c1cc(-c2cccnc2)on1)N1CCC(Oc2ccc(-n3cccn3)nn2)CC1. The molecule has 0 spiro atoms. The highest BCUT2D eigenvalue weighted by molar-refractivity contribution is 5.93. The van der Waals surface area contributed by atoms with Crippen molar-refractivity contribution >= 4 is 5.91 Å². The summed E-state index contributed by atoms with van der Waals surface area (Å²) in [6.45, 7) is 1.13. The minimum absolute atomic E-state index is 0.0304. The molecule has 5 heterocycles. The van der Waals surface area contributed by atoms with Gasteiger partial charge in [-0.05, 0) is 24.3 Å². The maximum Gasteiger partial charge on any atom is 0.276 e. The lowest BCUT2D eigenvalue weighted by Gasteiger charge is -2.31. The second kappa shape index (κ2) is 8.34. The Hall–Kier alpha value is -4.08. The van der Waals surface area contributed by atoms with Crippen molar-refractivity contribution in [2.24, 2.45) is 0 Å². The number of carbonyl (C=O) groups excluding carboxylic acids is 1. The lowest BCUT2D eigenvalue weighted by Crippen LogP contribution is -2.42. The highest BCUT2D eigenvalue weighted by atomic mass is 16.5. The van der Waals surface area contributed by atoms with Gasteiger partial charge in [0.2, 0.25) is 5.88 Å².